The minimum atomic E-state index is 0.195. The zero-order valence-electron chi connectivity index (χ0n) is 9.32. The van der Waals surface area contributed by atoms with Gasteiger partial charge in [-0.05, 0) is 30.2 Å². The largest absolute Gasteiger partial charge is 0.396 e. The number of thiophene rings is 1. The van der Waals surface area contributed by atoms with Crippen LogP contribution >= 0.6 is 22.9 Å². The molecule has 0 saturated carbocycles. The Bertz CT molecular complexity index is 467. The molecule has 0 saturated heterocycles. The summed E-state index contributed by atoms with van der Waals surface area (Å²) in [7, 11) is 0. The molecule has 0 fully saturated rings. The topological polar surface area (TPSA) is 32.3 Å². The smallest absolute Gasteiger partial charge is 0.0516 e. The number of anilines is 1. The predicted octanol–water partition coefficient (Wildman–Crippen LogP) is 3.55. The van der Waals surface area contributed by atoms with E-state index < -0.39 is 0 Å². The molecule has 90 valence electrons. The number of hydrogen-bond donors (Lipinski definition) is 2. The van der Waals surface area contributed by atoms with Crippen molar-refractivity contribution in [2.75, 3.05) is 11.9 Å². The Morgan fingerprint density at radius 3 is 2.59 bits per heavy atom. The van der Waals surface area contributed by atoms with Crippen LogP contribution in [0.5, 0.6) is 0 Å². The Kier molecular flexibility index (Phi) is 4.42. The van der Waals surface area contributed by atoms with Gasteiger partial charge in [0, 0.05) is 29.1 Å². The van der Waals surface area contributed by atoms with Gasteiger partial charge in [-0.15, -0.1) is 11.3 Å². The van der Waals surface area contributed by atoms with Crippen molar-refractivity contribution in [3.63, 3.8) is 0 Å². The van der Waals surface area contributed by atoms with Crippen molar-refractivity contribution in [1.29, 1.82) is 0 Å². The van der Waals surface area contributed by atoms with E-state index in [4.69, 9.17) is 16.7 Å². The molecule has 1 aromatic carbocycles. The Morgan fingerprint density at radius 1 is 1.24 bits per heavy atom. The lowest BCUT2D eigenvalue weighted by Gasteiger charge is -2.05. The molecule has 1 aromatic heterocycles. The van der Waals surface area contributed by atoms with Gasteiger partial charge in [-0.1, -0.05) is 23.7 Å². The van der Waals surface area contributed by atoms with Crippen molar-refractivity contribution >= 4 is 28.6 Å². The Hall–Kier alpha value is -1.03. The molecule has 2 nitrogen and oxygen atoms in total. The molecule has 17 heavy (non-hydrogen) atoms. The Labute approximate surface area is 110 Å². The fraction of sp³-hybridized carbons (Fsp3) is 0.231. The number of benzene rings is 1. The van der Waals surface area contributed by atoms with Gasteiger partial charge < -0.3 is 10.4 Å². The van der Waals surface area contributed by atoms with Crippen LogP contribution in [0, 0.1) is 0 Å². The van der Waals surface area contributed by atoms with Gasteiger partial charge in [-0.25, -0.2) is 0 Å². The molecule has 0 atom stereocenters. The highest BCUT2D eigenvalue weighted by Gasteiger charge is 1.98. The van der Waals surface area contributed by atoms with Gasteiger partial charge in [0.05, 0.1) is 5.02 Å². The Balaban J connectivity index is 1.90. The van der Waals surface area contributed by atoms with Crippen molar-refractivity contribution in [3.8, 4) is 0 Å². The van der Waals surface area contributed by atoms with Crippen LogP contribution in [-0.2, 0) is 13.0 Å². The van der Waals surface area contributed by atoms with Crippen LogP contribution in [-0.4, -0.2) is 11.7 Å². The average Bonchev–Trinajstić information content (AvgIpc) is 2.75. The molecule has 0 amide bonds. The minimum absolute atomic E-state index is 0.195. The summed E-state index contributed by atoms with van der Waals surface area (Å²) in [6.07, 6.45) is 0.709. The van der Waals surface area contributed by atoms with Crippen molar-refractivity contribution in [2.45, 2.75) is 13.0 Å². The second kappa shape index (κ2) is 6.05. The number of nitrogens with one attached hydrogen (secondary N) is 1. The van der Waals surface area contributed by atoms with E-state index in [1.54, 1.807) is 11.3 Å². The molecule has 4 heteroatoms. The third kappa shape index (κ3) is 3.73. The second-order valence-corrected chi connectivity index (χ2v) is 5.19. The van der Waals surface area contributed by atoms with Gasteiger partial charge in [-0.3, -0.25) is 0 Å². The first-order chi connectivity index (χ1) is 8.28. The van der Waals surface area contributed by atoms with E-state index in [0.29, 0.717) is 6.42 Å². The van der Waals surface area contributed by atoms with Gasteiger partial charge in [0.2, 0.25) is 0 Å². The SMILES string of the molecule is OCCc1ccc(NCc2cc(Cl)cs2)cc1. The predicted molar refractivity (Wildman–Crippen MR) is 73.9 cm³/mol. The molecule has 2 rings (SSSR count). The molecule has 0 aliphatic rings. The summed E-state index contributed by atoms with van der Waals surface area (Å²) in [5.74, 6) is 0. The van der Waals surface area contributed by atoms with Crippen molar-refractivity contribution in [1.82, 2.24) is 0 Å². The van der Waals surface area contributed by atoms with Crippen LogP contribution in [0.25, 0.3) is 0 Å². The monoisotopic (exact) mass is 267 g/mol. The number of halogens is 1. The molecular weight excluding hydrogens is 254 g/mol. The number of rotatable bonds is 5. The fourth-order valence-corrected chi connectivity index (χ4v) is 2.57. The maximum absolute atomic E-state index is 8.82. The number of aliphatic hydroxyl groups excluding tert-OH is 1. The maximum atomic E-state index is 8.82. The summed E-state index contributed by atoms with van der Waals surface area (Å²) in [6.45, 7) is 0.983. The summed E-state index contributed by atoms with van der Waals surface area (Å²) in [4.78, 5) is 1.22. The highest BCUT2D eigenvalue weighted by molar-refractivity contribution is 7.10. The highest BCUT2D eigenvalue weighted by Crippen LogP contribution is 2.20. The first-order valence-electron chi connectivity index (χ1n) is 5.44. The lowest BCUT2D eigenvalue weighted by atomic mass is 10.1. The molecule has 0 aliphatic heterocycles. The third-order valence-corrected chi connectivity index (χ3v) is 3.73. The first kappa shape index (κ1) is 12.4. The summed E-state index contributed by atoms with van der Waals surface area (Å²) < 4.78 is 0. The van der Waals surface area contributed by atoms with Gasteiger partial charge in [0.15, 0.2) is 0 Å². The summed E-state index contributed by atoms with van der Waals surface area (Å²) in [5.41, 5.74) is 2.23. The fourth-order valence-electron chi connectivity index (χ4n) is 1.55. The van der Waals surface area contributed by atoms with Crippen molar-refractivity contribution in [2.24, 2.45) is 0 Å². The highest BCUT2D eigenvalue weighted by atomic mass is 35.5. The van der Waals surface area contributed by atoms with Gasteiger partial charge in [0.25, 0.3) is 0 Å². The molecule has 0 radical (unpaired) electrons. The summed E-state index contributed by atoms with van der Waals surface area (Å²) >= 11 is 7.51. The normalized spacial score (nSPS) is 10.5. The van der Waals surface area contributed by atoms with E-state index in [-0.39, 0.29) is 6.61 Å². The number of hydrogen-bond acceptors (Lipinski definition) is 3. The average molecular weight is 268 g/mol. The molecular formula is C13H14ClNOS. The zero-order valence-corrected chi connectivity index (χ0v) is 10.9. The lowest BCUT2D eigenvalue weighted by Crippen LogP contribution is -1.97. The maximum Gasteiger partial charge on any atom is 0.0516 e. The first-order valence-corrected chi connectivity index (χ1v) is 6.70. The van der Waals surface area contributed by atoms with Crippen molar-refractivity contribution in [3.05, 3.63) is 51.2 Å². The van der Waals surface area contributed by atoms with E-state index in [2.05, 4.69) is 5.32 Å². The molecule has 0 unspecified atom stereocenters. The Morgan fingerprint density at radius 2 is 2.00 bits per heavy atom. The second-order valence-electron chi connectivity index (χ2n) is 3.76. The lowest BCUT2D eigenvalue weighted by molar-refractivity contribution is 0.299. The summed E-state index contributed by atoms with van der Waals surface area (Å²) in [5, 5.41) is 14.9. The number of aliphatic hydroxyl groups is 1. The summed E-state index contributed by atoms with van der Waals surface area (Å²) in [6, 6.07) is 10.1. The van der Waals surface area contributed by atoms with E-state index >= 15 is 0 Å². The third-order valence-electron chi connectivity index (χ3n) is 2.44. The minimum Gasteiger partial charge on any atom is -0.396 e. The molecule has 1 heterocycles. The van der Waals surface area contributed by atoms with Crippen LogP contribution in [0.1, 0.15) is 10.4 Å². The van der Waals surface area contributed by atoms with Crippen LogP contribution < -0.4 is 5.32 Å². The van der Waals surface area contributed by atoms with Crippen LogP contribution in [0.2, 0.25) is 5.02 Å². The van der Waals surface area contributed by atoms with E-state index in [0.717, 1.165) is 22.8 Å². The van der Waals surface area contributed by atoms with E-state index in [1.165, 1.54) is 4.88 Å². The van der Waals surface area contributed by atoms with Crippen LogP contribution in [0.4, 0.5) is 5.69 Å². The molecule has 0 aliphatic carbocycles. The van der Waals surface area contributed by atoms with Gasteiger partial charge in [0.1, 0.15) is 0 Å². The molecule has 2 N–H and O–H groups in total. The van der Waals surface area contributed by atoms with Gasteiger partial charge in [-0.2, -0.15) is 0 Å². The van der Waals surface area contributed by atoms with Crippen LogP contribution in [0.3, 0.4) is 0 Å². The van der Waals surface area contributed by atoms with E-state index in [1.807, 2.05) is 35.7 Å². The standard InChI is InChI=1S/C13H14ClNOS/c14-11-7-13(17-9-11)8-15-12-3-1-10(2-4-12)5-6-16/h1-4,7,9,15-16H,5-6,8H2. The van der Waals surface area contributed by atoms with E-state index in [9.17, 15) is 0 Å². The van der Waals surface area contributed by atoms with Gasteiger partial charge >= 0.3 is 0 Å². The zero-order chi connectivity index (χ0) is 12.1. The molecule has 0 spiro atoms. The molecule has 2 aromatic rings. The quantitative estimate of drug-likeness (QED) is 0.868. The van der Waals surface area contributed by atoms with Crippen molar-refractivity contribution < 1.29 is 5.11 Å². The van der Waals surface area contributed by atoms with Crippen LogP contribution in [0.15, 0.2) is 35.7 Å². The molecule has 0 bridgehead atoms.